The van der Waals surface area contributed by atoms with Crippen molar-refractivity contribution in [1.82, 2.24) is 5.01 Å². The van der Waals surface area contributed by atoms with Crippen LogP contribution in [-0.4, -0.2) is 22.6 Å². The number of aliphatic imine (C=N–C) groups is 1. The molecule has 0 fully saturated rings. The zero-order valence-corrected chi connectivity index (χ0v) is 31.7. The molecule has 3 nitrogen and oxygen atoms in total. The molecule has 2 unspecified atom stereocenters. The van der Waals surface area contributed by atoms with Gasteiger partial charge in [-0.05, 0) is 37.5 Å². The van der Waals surface area contributed by atoms with E-state index in [0.29, 0.717) is 6.54 Å². The molecule has 1 aliphatic heterocycles. The maximum Gasteiger partial charge on any atom is 0.117 e. The second kappa shape index (κ2) is 28.0. The molecule has 41 heavy (non-hydrogen) atoms. The SMILES string of the molecule is CC.CC.CC.CC.CC.CC(=NCc1ccccc1)N1N=C(c2ccccc2)C(C)(c2ccccc2)C1C.[CH3-].[Y]. The fourth-order valence-corrected chi connectivity index (χ4v) is 4.07. The molecule has 3 aromatic carbocycles. The second-order valence-electron chi connectivity index (χ2n) is 7.75. The van der Waals surface area contributed by atoms with E-state index in [0.717, 1.165) is 17.1 Å². The van der Waals surface area contributed by atoms with E-state index in [1.165, 1.54) is 11.1 Å². The van der Waals surface area contributed by atoms with Gasteiger partial charge in [-0.1, -0.05) is 160 Å². The van der Waals surface area contributed by atoms with Gasteiger partial charge in [0.2, 0.25) is 0 Å². The average Bonchev–Trinajstić information content (AvgIpc) is 3.33. The molecule has 1 aliphatic rings. The Morgan fingerprint density at radius 1 is 0.707 bits per heavy atom. The fraction of sp³-hybridized carbons (Fsp3) is 0.432. The molecule has 0 amide bonds. The van der Waals surface area contributed by atoms with Crippen LogP contribution < -0.4 is 0 Å². The zero-order valence-electron chi connectivity index (χ0n) is 28.9. The van der Waals surface area contributed by atoms with E-state index in [9.17, 15) is 0 Å². The number of hydrogen-bond donors (Lipinski definition) is 0. The van der Waals surface area contributed by atoms with Crippen LogP contribution in [0.3, 0.4) is 0 Å². The Balaban J connectivity index is -0.000000517. The van der Waals surface area contributed by atoms with Crippen LogP contribution in [0.1, 0.15) is 107 Å². The van der Waals surface area contributed by atoms with E-state index in [2.05, 4.69) is 105 Å². The molecule has 0 spiro atoms. The number of hydrogen-bond acceptors (Lipinski definition) is 2. The zero-order chi connectivity index (χ0) is 30.3. The smallest absolute Gasteiger partial charge is 0.117 e. The number of hydrazone groups is 1. The van der Waals surface area contributed by atoms with Crippen molar-refractivity contribution in [1.29, 1.82) is 0 Å². The molecule has 0 aromatic heterocycles. The molecule has 0 aliphatic carbocycles. The third-order valence-electron chi connectivity index (χ3n) is 5.99. The van der Waals surface area contributed by atoms with E-state index >= 15 is 0 Å². The van der Waals surface area contributed by atoms with Gasteiger partial charge in [-0.3, -0.25) is 4.99 Å². The van der Waals surface area contributed by atoms with E-state index in [4.69, 9.17) is 10.1 Å². The Labute approximate surface area is 280 Å². The van der Waals surface area contributed by atoms with Gasteiger partial charge in [0.1, 0.15) is 5.84 Å². The first-order chi connectivity index (χ1) is 19.1. The van der Waals surface area contributed by atoms with Crippen molar-refractivity contribution in [3.8, 4) is 0 Å². The number of nitrogens with zero attached hydrogens (tertiary/aromatic N) is 3. The molecule has 0 bridgehead atoms. The van der Waals surface area contributed by atoms with Crippen molar-refractivity contribution >= 4 is 11.5 Å². The number of rotatable bonds is 4. The Bertz CT molecular complexity index is 1020. The Hall–Kier alpha value is -2.10. The van der Waals surface area contributed by atoms with Gasteiger partial charge in [-0.25, -0.2) is 5.01 Å². The van der Waals surface area contributed by atoms with Gasteiger partial charge in [0.25, 0.3) is 0 Å². The molecule has 1 radical (unpaired) electrons. The molecule has 0 saturated carbocycles. The average molecular weight is 636 g/mol. The van der Waals surface area contributed by atoms with Crippen LogP contribution >= 0.6 is 0 Å². The minimum atomic E-state index is -0.230. The van der Waals surface area contributed by atoms with Crippen molar-refractivity contribution in [2.45, 2.75) is 108 Å². The van der Waals surface area contributed by atoms with Gasteiger partial charge < -0.3 is 7.43 Å². The predicted molar refractivity (Wildman–Crippen MR) is 184 cm³/mol. The normalized spacial score (nSPS) is 16.2. The maximum atomic E-state index is 5.10. The van der Waals surface area contributed by atoms with Crippen molar-refractivity contribution < 1.29 is 32.7 Å². The molecule has 1 heterocycles. The molecule has 4 rings (SSSR count). The van der Waals surface area contributed by atoms with Crippen molar-refractivity contribution in [3.63, 3.8) is 0 Å². The Morgan fingerprint density at radius 3 is 1.54 bits per heavy atom. The quantitative estimate of drug-likeness (QED) is 0.159. The Kier molecular flexibility index (Phi) is 31.4. The summed E-state index contributed by atoms with van der Waals surface area (Å²) in [4.78, 5) is 4.85. The summed E-state index contributed by atoms with van der Waals surface area (Å²) < 4.78 is 0. The van der Waals surface area contributed by atoms with E-state index in [1.54, 1.807) is 0 Å². The first kappa shape index (κ1) is 45.9. The van der Waals surface area contributed by atoms with Gasteiger partial charge in [0, 0.05) is 32.7 Å². The van der Waals surface area contributed by atoms with E-state index < -0.39 is 0 Å². The summed E-state index contributed by atoms with van der Waals surface area (Å²) in [5, 5.41) is 7.20. The minimum absolute atomic E-state index is 0. The first-order valence-corrected chi connectivity index (χ1v) is 15.1. The summed E-state index contributed by atoms with van der Waals surface area (Å²) in [6.07, 6.45) is 0. The minimum Gasteiger partial charge on any atom is -0.358 e. The monoisotopic (exact) mass is 635 g/mol. The topological polar surface area (TPSA) is 28.0 Å². The summed E-state index contributed by atoms with van der Waals surface area (Å²) in [5.74, 6) is 0.939. The van der Waals surface area contributed by atoms with Crippen LogP contribution in [-0.2, 0) is 44.7 Å². The predicted octanol–water partition coefficient (Wildman–Crippen LogP) is 11.3. The molecule has 0 N–H and O–H groups in total. The van der Waals surface area contributed by atoms with E-state index in [-0.39, 0.29) is 51.6 Å². The number of benzene rings is 3. The Morgan fingerprint density at radius 2 is 1.10 bits per heavy atom. The van der Waals surface area contributed by atoms with Crippen LogP contribution in [0.25, 0.3) is 0 Å². The molecular weight excluding hydrogens is 575 g/mol. The maximum absolute atomic E-state index is 5.10. The van der Waals surface area contributed by atoms with Crippen LogP contribution in [0.2, 0.25) is 0 Å². The summed E-state index contributed by atoms with van der Waals surface area (Å²) in [6, 6.07) is 31.7. The molecule has 3 aromatic rings. The second-order valence-corrected chi connectivity index (χ2v) is 7.75. The molecule has 227 valence electrons. The van der Waals surface area contributed by atoms with E-state index in [1.807, 2.05) is 81.4 Å². The van der Waals surface area contributed by atoms with Crippen LogP contribution in [0.15, 0.2) is 101 Å². The van der Waals surface area contributed by atoms with Gasteiger partial charge in [0.15, 0.2) is 0 Å². The van der Waals surface area contributed by atoms with Crippen molar-refractivity contribution in [3.05, 3.63) is 115 Å². The van der Waals surface area contributed by atoms with Gasteiger partial charge in [0.05, 0.1) is 23.7 Å². The first-order valence-electron chi connectivity index (χ1n) is 15.1. The third-order valence-corrected chi connectivity index (χ3v) is 5.99. The van der Waals surface area contributed by atoms with Crippen molar-refractivity contribution in [2.75, 3.05) is 0 Å². The van der Waals surface area contributed by atoms with Crippen LogP contribution in [0.5, 0.6) is 0 Å². The number of amidine groups is 1. The summed E-state index contributed by atoms with van der Waals surface area (Å²) in [7, 11) is 0. The third kappa shape index (κ3) is 13.2. The molecular formula is C37H60N3Y-. The van der Waals surface area contributed by atoms with Gasteiger partial charge in [-0.2, -0.15) is 5.10 Å². The van der Waals surface area contributed by atoms with Crippen LogP contribution in [0, 0.1) is 7.43 Å². The van der Waals surface area contributed by atoms with Crippen molar-refractivity contribution in [2.24, 2.45) is 10.1 Å². The molecule has 4 heteroatoms. The largest absolute Gasteiger partial charge is 0.358 e. The fourth-order valence-electron chi connectivity index (χ4n) is 4.07. The van der Waals surface area contributed by atoms with Gasteiger partial charge in [-0.15, -0.1) is 0 Å². The molecule has 2 atom stereocenters. The van der Waals surface area contributed by atoms with Crippen LogP contribution in [0.4, 0.5) is 0 Å². The summed E-state index contributed by atoms with van der Waals surface area (Å²) in [5.41, 5.74) is 4.49. The molecule has 0 saturated heterocycles. The van der Waals surface area contributed by atoms with Gasteiger partial charge >= 0.3 is 0 Å². The summed E-state index contributed by atoms with van der Waals surface area (Å²) in [6.45, 7) is 27.3. The summed E-state index contributed by atoms with van der Waals surface area (Å²) >= 11 is 0. The standard InChI is InChI=1S/C26H27N3.5C2H6.CH3.Y/c1-20-26(3,24-17-11-6-12-18-24)25(23-15-9-5-10-16-23)28-29(20)21(2)27-19-22-13-7-4-8-14-22;5*1-2;;/h4-18,20H,19H2,1-3H3;5*1-2H3;1H3;/q;;;;;;-1;.